The zero-order valence-electron chi connectivity index (χ0n) is 14.4. The van der Waals surface area contributed by atoms with Crippen LogP contribution in [-0.4, -0.2) is 38.7 Å². The summed E-state index contributed by atoms with van der Waals surface area (Å²) in [6, 6.07) is 3.81. The Hall–Kier alpha value is -3.54. The monoisotopic (exact) mass is 410 g/mol. The van der Waals surface area contributed by atoms with E-state index in [1.807, 2.05) is 0 Å². The largest absolute Gasteiger partial charge is 0.437 e. The summed E-state index contributed by atoms with van der Waals surface area (Å²) in [7, 11) is 0. The first-order valence-electron chi connectivity index (χ1n) is 8.11. The number of nitro benzene ring substituents is 1. The van der Waals surface area contributed by atoms with Gasteiger partial charge in [-0.2, -0.15) is 13.2 Å². The van der Waals surface area contributed by atoms with E-state index >= 15 is 0 Å². The highest BCUT2D eigenvalue weighted by atomic mass is 19.4. The number of aliphatic hydroxyl groups is 1. The Morgan fingerprint density at radius 3 is 2.41 bits per heavy atom. The minimum atomic E-state index is -5.40. The first kappa shape index (κ1) is 20.2. The number of hydrogen-bond acceptors (Lipinski definition) is 6. The van der Waals surface area contributed by atoms with Crippen LogP contribution in [0.25, 0.3) is 0 Å². The average Bonchev–Trinajstić information content (AvgIpc) is 2.67. The normalized spacial score (nSPS) is 24.3. The Morgan fingerprint density at radius 1 is 1.24 bits per heavy atom. The van der Waals surface area contributed by atoms with Crippen molar-refractivity contribution in [3.05, 3.63) is 70.0 Å². The van der Waals surface area contributed by atoms with Gasteiger partial charge in [0.05, 0.1) is 11.0 Å². The predicted molar refractivity (Wildman–Crippen MR) is 90.6 cm³/mol. The summed E-state index contributed by atoms with van der Waals surface area (Å²) < 4.78 is 41.2. The van der Waals surface area contributed by atoms with Crippen molar-refractivity contribution in [1.82, 2.24) is 15.6 Å². The first-order valence-corrected chi connectivity index (χ1v) is 8.11. The van der Waals surface area contributed by atoms with Crippen LogP contribution in [0.2, 0.25) is 0 Å². The maximum absolute atomic E-state index is 13.7. The second-order valence-corrected chi connectivity index (χ2v) is 6.27. The van der Waals surface area contributed by atoms with Crippen LogP contribution in [0, 0.1) is 16.0 Å². The molecule has 3 atom stereocenters. The molecule has 9 nitrogen and oxygen atoms in total. The van der Waals surface area contributed by atoms with E-state index < -0.39 is 40.6 Å². The molecule has 3 N–H and O–H groups in total. The summed E-state index contributed by atoms with van der Waals surface area (Å²) in [5.74, 6) is -3.36. The zero-order chi connectivity index (χ0) is 21.4. The average molecular weight is 410 g/mol. The molecule has 0 bridgehead atoms. The fourth-order valence-corrected chi connectivity index (χ4v) is 3.11. The molecule has 2 heterocycles. The van der Waals surface area contributed by atoms with Crippen molar-refractivity contribution in [1.29, 1.82) is 0 Å². The molecule has 29 heavy (non-hydrogen) atoms. The van der Waals surface area contributed by atoms with Gasteiger partial charge in [0.1, 0.15) is 5.92 Å². The molecule has 1 aromatic carbocycles. The van der Waals surface area contributed by atoms with E-state index in [1.54, 1.807) is 0 Å². The van der Waals surface area contributed by atoms with E-state index in [0.29, 0.717) is 0 Å². The molecule has 1 fully saturated rings. The molecular weight excluding hydrogens is 397 g/mol. The summed E-state index contributed by atoms with van der Waals surface area (Å²) in [4.78, 5) is 38.6. The predicted octanol–water partition coefficient (Wildman–Crippen LogP) is 2.09. The Labute approximate surface area is 160 Å². The number of non-ortho nitro benzene ring substituents is 1. The number of halogens is 3. The molecule has 2 amide bonds. The number of carbonyl (C=O) groups is 2. The number of benzene rings is 1. The van der Waals surface area contributed by atoms with Gasteiger partial charge >= 0.3 is 12.2 Å². The lowest BCUT2D eigenvalue weighted by molar-refractivity contribution is -0.384. The molecule has 12 heteroatoms. The molecule has 0 saturated carbocycles. The van der Waals surface area contributed by atoms with E-state index in [9.17, 15) is 38.0 Å². The van der Waals surface area contributed by atoms with E-state index in [0.717, 1.165) is 30.5 Å². The number of hydrogen-bond donors (Lipinski definition) is 3. The third kappa shape index (κ3) is 3.61. The molecular formula is C17H13F3N4O5. The second-order valence-electron chi connectivity index (χ2n) is 6.27. The van der Waals surface area contributed by atoms with Crippen LogP contribution >= 0.6 is 0 Å². The summed E-state index contributed by atoms with van der Waals surface area (Å²) in [6.07, 6.45) is -3.06. The van der Waals surface area contributed by atoms with Crippen LogP contribution in [0.5, 0.6) is 0 Å². The van der Waals surface area contributed by atoms with Crippen LogP contribution in [0.1, 0.15) is 22.0 Å². The minimum Gasteiger partial charge on any atom is -0.363 e. The molecule has 152 valence electrons. The number of ketones is 1. The molecule has 2 aromatic rings. The third-order valence-electron chi connectivity index (χ3n) is 4.50. The van der Waals surface area contributed by atoms with E-state index in [-0.39, 0.29) is 16.8 Å². The van der Waals surface area contributed by atoms with Crippen LogP contribution < -0.4 is 10.6 Å². The number of rotatable bonds is 4. The number of aromatic nitrogens is 1. The molecule has 1 aromatic heterocycles. The van der Waals surface area contributed by atoms with Gasteiger partial charge in [0, 0.05) is 30.1 Å². The van der Waals surface area contributed by atoms with Crippen molar-refractivity contribution in [2.45, 2.75) is 17.9 Å². The van der Waals surface area contributed by atoms with Gasteiger partial charge in [-0.3, -0.25) is 19.9 Å². The fourth-order valence-electron chi connectivity index (χ4n) is 3.11. The molecule has 0 unspecified atom stereocenters. The van der Waals surface area contributed by atoms with Gasteiger partial charge in [-0.1, -0.05) is 12.1 Å². The van der Waals surface area contributed by atoms with Crippen molar-refractivity contribution in [2.24, 2.45) is 5.92 Å². The highest BCUT2D eigenvalue weighted by molar-refractivity contribution is 6.00. The van der Waals surface area contributed by atoms with Crippen molar-refractivity contribution in [3.63, 3.8) is 0 Å². The molecule has 1 aliphatic rings. The van der Waals surface area contributed by atoms with Gasteiger partial charge in [0.2, 0.25) is 5.72 Å². The molecule has 3 rings (SSSR count). The van der Waals surface area contributed by atoms with Gasteiger partial charge in [0.25, 0.3) is 5.69 Å². The van der Waals surface area contributed by atoms with Gasteiger partial charge in [-0.25, -0.2) is 4.79 Å². The quantitative estimate of drug-likeness (QED) is 0.401. The Kier molecular flexibility index (Phi) is 4.96. The van der Waals surface area contributed by atoms with Crippen LogP contribution in [0.15, 0.2) is 48.8 Å². The number of nitro groups is 1. The van der Waals surface area contributed by atoms with Crippen LogP contribution in [0.4, 0.5) is 23.7 Å². The number of alkyl halides is 3. The van der Waals surface area contributed by atoms with Crippen LogP contribution in [-0.2, 0) is 0 Å². The van der Waals surface area contributed by atoms with Crippen molar-refractivity contribution >= 4 is 17.5 Å². The highest BCUT2D eigenvalue weighted by Crippen LogP contribution is 2.44. The molecule has 1 saturated heterocycles. The number of pyridine rings is 1. The minimum absolute atomic E-state index is 0.0321. The standard InChI is InChI=1S/C17H13F3N4O5/c18-17(19,20)16(27)12(14(25)10-2-1-7-21-8-10)13(22-15(26)23-16)9-3-5-11(6-4-9)24(28)29/h1-8,12-13,27H,(H2,22,23,26)/t12-,13+,16+/m0/s1. The van der Waals surface area contributed by atoms with Gasteiger partial charge < -0.3 is 15.7 Å². The summed E-state index contributed by atoms with van der Waals surface area (Å²) in [5.41, 5.74) is -4.47. The number of nitrogens with one attached hydrogen (secondary N) is 2. The Balaban J connectivity index is 2.14. The fraction of sp³-hybridized carbons (Fsp3) is 0.235. The van der Waals surface area contributed by atoms with E-state index in [1.165, 1.54) is 23.6 Å². The van der Waals surface area contributed by atoms with Crippen molar-refractivity contribution in [3.8, 4) is 0 Å². The lowest BCUT2D eigenvalue weighted by Gasteiger charge is -2.45. The van der Waals surface area contributed by atoms with E-state index in [2.05, 4.69) is 10.3 Å². The Morgan fingerprint density at radius 2 is 1.90 bits per heavy atom. The summed E-state index contributed by atoms with van der Waals surface area (Å²) >= 11 is 0. The van der Waals surface area contributed by atoms with Crippen molar-refractivity contribution in [2.75, 3.05) is 0 Å². The highest BCUT2D eigenvalue weighted by Gasteiger charge is 2.66. The number of urea groups is 1. The first-order chi connectivity index (χ1) is 13.5. The molecule has 1 aliphatic heterocycles. The van der Waals surface area contributed by atoms with Gasteiger partial charge in [-0.15, -0.1) is 0 Å². The van der Waals surface area contributed by atoms with Crippen LogP contribution in [0.3, 0.4) is 0 Å². The summed E-state index contributed by atoms with van der Waals surface area (Å²) in [5, 5.41) is 24.8. The number of Topliss-reactive ketones (excluding diaryl/α,β-unsaturated/α-hetero) is 1. The molecule has 0 aliphatic carbocycles. The maximum Gasteiger partial charge on any atom is 0.437 e. The van der Waals surface area contributed by atoms with Crippen molar-refractivity contribution < 1.29 is 32.8 Å². The van der Waals surface area contributed by atoms with Gasteiger partial charge in [0.15, 0.2) is 5.78 Å². The lowest BCUT2D eigenvalue weighted by atomic mass is 9.77. The SMILES string of the molecule is O=C1N[C@H](c2ccc([N+](=O)[O-])cc2)[C@@H](C(=O)c2cccnc2)[C@@](O)(C(F)(F)F)N1. The Bertz CT molecular complexity index is 952. The lowest BCUT2D eigenvalue weighted by Crippen LogP contribution is -2.72. The smallest absolute Gasteiger partial charge is 0.363 e. The van der Waals surface area contributed by atoms with Gasteiger partial charge in [-0.05, 0) is 17.7 Å². The third-order valence-corrected chi connectivity index (χ3v) is 4.50. The topological polar surface area (TPSA) is 134 Å². The molecule has 0 spiro atoms. The second kappa shape index (κ2) is 7.13. The number of nitrogens with zero attached hydrogens (tertiary/aromatic N) is 2. The summed E-state index contributed by atoms with van der Waals surface area (Å²) in [6.45, 7) is 0. The number of amides is 2. The molecule has 0 radical (unpaired) electrons. The number of carbonyl (C=O) groups excluding carboxylic acids is 2. The zero-order valence-corrected chi connectivity index (χ0v) is 14.4. The maximum atomic E-state index is 13.7. The van der Waals surface area contributed by atoms with E-state index in [4.69, 9.17) is 0 Å².